The molecule has 0 atom stereocenters. The molecule has 3 heteroatoms. The van der Waals surface area contributed by atoms with Crippen molar-refractivity contribution in [3.63, 3.8) is 0 Å². The van der Waals surface area contributed by atoms with Crippen LogP contribution in [0.3, 0.4) is 0 Å². The van der Waals surface area contributed by atoms with Crippen LogP contribution in [-0.2, 0) is 0 Å². The van der Waals surface area contributed by atoms with E-state index in [0.717, 1.165) is 0 Å². The molecule has 0 amide bonds. The van der Waals surface area contributed by atoms with Crippen LogP contribution in [-0.4, -0.2) is 14.7 Å². The second kappa shape index (κ2) is 3.84. The Bertz CT molecular complexity index is 626. The van der Waals surface area contributed by atoms with Gasteiger partial charge in [-0.15, -0.1) is 0 Å². The van der Waals surface area contributed by atoms with E-state index in [1.807, 2.05) is 22.7 Å². The minimum atomic E-state index is -1.19. The second-order valence-corrected chi connectivity index (χ2v) is 10.3. The third-order valence-corrected chi connectivity index (χ3v) is 10.9. The Morgan fingerprint density at radius 1 is 0.706 bits per heavy atom. The van der Waals surface area contributed by atoms with Crippen molar-refractivity contribution in [1.82, 2.24) is 0 Å². The standard InChI is InChI=1S/C14H9AsS2/c1-2-4-10(5-3-1)15-11-6-8-16-13(11)14-12(15)7-9-17-14/h1-9H. The van der Waals surface area contributed by atoms with Crippen molar-refractivity contribution in [2.75, 3.05) is 0 Å². The topological polar surface area (TPSA) is 0 Å². The molecule has 82 valence electrons. The van der Waals surface area contributed by atoms with Crippen LogP contribution in [0.5, 0.6) is 0 Å². The fourth-order valence-electron chi connectivity index (χ4n) is 2.28. The molecule has 3 heterocycles. The Hall–Kier alpha value is -0.822. The average molecular weight is 316 g/mol. The Labute approximate surface area is 113 Å². The fourth-order valence-corrected chi connectivity index (χ4v) is 11.4. The number of rotatable bonds is 1. The molecule has 1 aromatic carbocycles. The molecule has 0 radical (unpaired) electrons. The van der Waals surface area contributed by atoms with Gasteiger partial charge in [0, 0.05) is 0 Å². The molecular formula is C14H9AsS2. The summed E-state index contributed by atoms with van der Waals surface area (Å²) in [7, 11) is 0. The van der Waals surface area contributed by atoms with E-state index in [4.69, 9.17) is 0 Å². The van der Waals surface area contributed by atoms with Crippen molar-refractivity contribution in [1.29, 1.82) is 0 Å². The summed E-state index contributed by atoms with van der Waals surface area (Å²) in [5.41, 5.74) is 0. The molecule has 0 unspecified atom stereocenters. The predicted molar refractivity (Wildman–Crippen MR) is 78.7 cm³/mol. The normalized spacial score (nSPS) is 13.6. The van der Waals surface area contributed by atoms with Gasteiger partial charge in [0.05, 0.1) is 0 Å². The molecule has 1 aliphatic heterocycles. The summed E-state index contributed by atoms with van der Waals surface area (Å²) < 4.78 is 4.82. The molecule has 0 bridgehead atoms. The summed E-state index contributed by atoms with van der Waals surface area (Å²) in [5, 5.41) is 4.50. The van der Waals surface area contributed by atoms with Crippen molar-refractivity contribution >= 4 is 50.4 Å². The first-order chi connectivity index (χ1) is 8.45. The van der Waals surface area contributed by atoms with Crippen LogP contribution in [0.1, 0.15) is 0 Å². The van der Waals surface area contributed by atoms with Crippen molar-refractivity contribution in [3.8, 4) is 9.75 Å². The fraction of sp³-hybridized carbons (Fsp3) is 0. The SMILES string of the molecule is c1ccc([As]2c3ccsc3-c3sccc32)cc1. The molecule has 0 fully saturated rings. The van der Waals surface area contributed by atoms with Gasteiger partial charge in [0.2, 0.25) is 0 Å². The first-order valence-corrected chi connectivity index (χ1v) is 10.0. The quantitative estimate of drug-likeness (QED) is 0.473. The molecule has 0 N–H and O–H groups in total. The van der Waals surface area contributed by atoms with E-state index in [2.05, 4.69) is 53.2 Å². The van der Waals surface area contributed by atoms with Gasteiger partial charge in [-0.2, -0.15) is 0 Å². The van der Waals surface area contributed by atoms with E-state index in [-0.39, 0.29) is 0 Å². The maximum atomic E-state index is 2.35. The monoisotopic (exact) mass is 316 g/mol. The van der Waals surface area contributed by atoms with E-state index in [9.17, 15) is 0 Å². The number of hydrogen-bond acceptors (Lipinski definition) is 2. The molecule has 0 spiro atoms. The molecule has 0 aliphatic carbocycles. The van der Waals surface area contributed by atoms with Gasteiger partial charge < -0.3 is 0 Å². The van der Waals surface area contributed by atoms with Crippen LogP contribution in [0.4, 0.5) is 0 Å². The van der Waals surface area contributed by atoms with Crippen LogP contribution in [0.25, 0.3) is 9.75 Å². The van der Waals surface area contributed by atoms with Gasteiger partial charge >= 0.3 is 113 Å². The number of fused-ring (bicyclic) bond motifs is 3. The molecule has 1 aliphatic rings. The zero-order valence-electron chi connectivity index (χ0n) is 8.96. The molecule has 4 rings (SSSR count). The summed E-state index contributed by atoms with van der Waals surface area (Å²) >= 11 is 2.61. The maximum absolute atomic E-state index is 2.35. The summed E-state index contributed by atoms with van der Waals surface area (Å²) in [6.07, 6.45) is 0. The molecule has 0 nitrogen and oxygen atoms in total. The van der Waals surface area contributed by atoms with Crippen LogP contribution in [0.2, 0.25) is 0 Å². The second-order valence-electron chi connectivity index (χ2n) is 3.94. The minimum absolute atomic E-state index is 1.19. The third-order valence-electron chi connectivity index (χ3n) is 2.99. The van der Waals surface area contributed by atoms with Gasteiger partial charge in [-0.3, -0.25) is 0 Å². The summed E-state index contributed by atoms with van der Waals surface area (Å²) in [4.78, 5) is 3.08. The van der Waals surface area contributed by atoms with Crippen molar-refractivity contribution in [2.45, 2.75) is 0 Å². The first kappa shape index (κ1) is 10.1. The molecule has 2 aromatic heterocycles. The van der Waals surface area contributed by atoms with Crippen LogP contribution in [0, 0.1) is 0 Å². The van der Waals surface area contributed by atoms with E-state index in [1.54, 1.807) is 22.8 Å². The van der Waals surface area contributed by atoms with Gasteiger partial charge in [-0.1, -0.05) is 0 Å². The van der Waals surface area contributed by atoms with Gasteiger partial charge in [0.25, 0.3) is 0 Å². The molecule has 0 saturated carbocycles. The number of benzene rings is 1. The summed E-state index contributed by atoms with van der Waals surface area (Å²) in [6, 6.07) is 15.7. The van der Waals surface area contributed by atoms with Gasteiger partial charge in [0.1, 0.15) is 0 Å². The van der Waals surface area contributed by atoms with E-state index in [0.29, 0.717) is 0 Å². The Kier molecular flexibility index (Phi) is 2.29. The summed E-state index contributed by atoms with van der Waals surface area (Å²) in [6.45, 7) is 0. The van der Waals surface area contributed by atoms with Gasteiger partial charge in [-0.25, -0.2) is 0 Å². The molecular weight excluding hydrogens is 307 g/mol. The number of hydrogen-bond donors (Lipinski definition) is 0. The Morgan fingerprint density at radius 3 is 1.88 bits per heavy atom. The van der Waals surface area contributed by atoms with Crippen LogP contribution >= 0.6 is 22.7 Å². The van der Waals surface area contributed by atoms with Crippen LogP contribution < -0.4 is 13.1 Å². The molecule has 3 aromatic rings. The molecule has 17 heavy (non-hydrogen) atoms. The van der Waals surface area contributed by atoms with E-state index >= 15 is 0 Å². The summed E-state index contributed by atoms with van der Waals surface area (Å²) in [5.74, 6) is 0. The zero-order valence-corrected chi connectivity index (χ0v) is 12.5. The average Bonchev–Trinajstić information content (AvgIpc) is 3.01. The predicted octanol–water partition coefficient (Wildman–Crippen LogP) is 2.31. The first-order valence-electron chi connectivity index (χ1n) is 5.46. The number of thiophene rings is 2. The third kappa shape index (κ3) is 1.41. The zero-order chi connectivity index (χ0) is 11.2. The van der Waals surface area contributed by atoms with E-state index in [1.165, 1.54) is 0 Å². The van der Waals surface area contributed by atoms with Crippen LogP contribution in [0.15, 0.2) is 53.2 Å². The van der Waals surface area contributed by atoms with E-state index < -0.39 is 14.7 Å². The van der Waals surface area contributed by atoms with Crippen molar-refractivity contribution in [3.05, 3.63) is 53.2 Å². The molecule has 0 saturated heterocycles. The Morgan fingerprint density at radius 2 is 1.29 bits per heavy atom. The van der Waals surface area contributed by atoms with Gasteiger partial charge in [-0.05, 0) is 0 Å². The van der Waals surface area contributed by atoms with Crippen molar-refractivity contribution < 1.29 is 0 Å². The van der Waals surface area contributed by atoms with Crippen molar-refractivity contribution in [2.24, 2.45) is 0 Å². The Balaban J connectivity index is 1.99. The van der Waals surface area contributed by atoms with Gasteiger partial charge in [0.15, 0.2) is 0 Å².